The fourth-order valence-corrected chi connectivity index (χ4v) is 9.50. The van der Waals surface area contributed by atoms with Crippen molar-refractivity contribution >= 4 is 17.5 Å². The Hall–Kier alpha value is -5.01. The third kappa shape index (κ3) is 8.16. The van der Waals surface area contributed by atoms with Gasteiger partial charge in [-0.25, -0.2) is 0 Å². The Kier molecular flexibility index (Phi) is 11.0. The minimum absolute atomic E-state index is 0.0565. The third-order valence-electron chi connectivity index (χ3n) is 13.1. The molecule has 1 saturated carbocycles. The minimum Gasteiger partial charge on any atom is -0.488 e. The zero-order valence-corrected chi connectivity index (χ0v) is 34.9. The molecule has 2 unspecified atom stereocenters. The lowest BCUT2D eigenvalue weighted by molar-refractivity contribution is -0.154. The standard InChI is InChI=1S/C51H57NO6/c1-7-46-43-30-42(43)40-21-18-34(29-47(40)57-46)45(53)22-25-52-26-23-51(6,24-27-52)48(54)41(28-33-16-19-35(20-17-33)58-50(3,4)5)32(2)49(55)56-31-44-38-14-10-8-12-36(38)37-13-9-11-15-39(37)44/h7-21,29,32,41-44H,22-28,30-31H2,1-6H3/b46-7+/t32?,41-,42?,43-/m1/s1. The highest BCUT2D eigenvalue weighted by atomic mass is 16.5. The molecule has 1 saturated heterocycles. The smallest absolute Gasteiger partial charge is 0.309 e. The first-order valence-electron chi connectivity index (χ1n) is 21.2. The number of carbonyl (C=O) groups is 3. The van der Waals surface area contributed by atoms with E-state index in [0.29, 0.717) is 62.7 Å². The second kappa shape index (κ2) is 16.0. The van der Waals surface area contributed by atoms with Gasteiger partial charge in [-0.2, -0.15) is 0 Å². The topological polar surface area (TPSA) is 82.1 Å². The summed E-state index contributed by atoms with van der Waals surface area (Å²) >= 11 is 0. The lowest BCUT2D eigenvalue weighted by Crippen LogP contribution is -2.47. The van der Waals surface area contributed by atoms with Gasteiger partial charge in [0.05, 0.1) is 5.92 Å². The lowest BCUT2D eigenvalue weighted by Gasteiger charge is -2.41. The van der Waals surface area contributed by atoms with E-state index in [0.717, 1.165) is 40.4 Å². The molecule has 7 heteroatoms. The first kappa shape index (κ1) is 39.8. The first-order chi connectivity index (χ1) is 27.8. The maximum atomic E-state index is 14.8. The van der Waals surface area contributed by atoms with Crippen molar-refractivity contribution in [3.8, 4) is 22.6 Å². The summed E-state index contributed by atoms with van der Waals surface area (Å²) in [6.07, 6.45) is 5.31. The average Bonchev–Trinajstić information content (AvgIpc) is 3.97. The predicted octanol–water partition coefficient (Wildman–Crippen LogP) is 10.4. The van der Waals surface area contributed by atoms with Gasteiger partial charge in [-0.15, -0.1) is 0 Å². The van der Waals surface area contributed by atoms with Crippen LogP contribution in [0.3, 0.4) is 0 Å². The SMILES string of the molecule is C/C=C1/Oc2cc(C(=O)CCN3CCC(C)(C(=O)[C@H](Cc4ccc(OC(C)(C)C)cc4)C(C)C(=O)OCC4c5ccccc5-c5ccccc54)CC3)ccc2C2C[C@@H]12. The molecule has 0 spiro atoms. The summed E-state index contributed by atoms with van der Waals surface area (Å²) in [7, 11) is 0. The fraction of sp³-hybridized carbons (Fsp3) is 0.431. The molecule has 4 aromatic carbocycles. The molecule has 2 fully saturated rings. The molecule has 0 amide bonds. The van der Waals surface area contributed by atoms with Gasteiger partial charge in [0, 0.05) is 41.7 Å². The number of rotatable bonds is 13. The van der Waals surface area contributed by atoms with Gasteiger partial charge in [-0.3, -0.25) is 14.4 Å². The number of benzene rings is 4. The van der Waals surface area contributed by atoms with E-state index in [9.17, 15) is 14.4 Å². The van der Waals surface area contributed by atoms with Gasteiger partial charge in [0.25, 0.3) is 0 Å². The highest BCUT2D eigenvalue weighted by Gasteiger charge is 2.47. The van der Waals surface area contributed by atoms with Crippen LogP contribution in [0.1, 0.15) is 112 Å². The van der Waals surface area contributed by atoms with Crippen LogP contribution >= 0.6 is 0 Å². The van der Waals surface area contributed by atoms with E-state index in [1.54, 1.807) is 0 Å². The third-order valence-corrected chi connectivity index (χ3v) is 13.1. The highest BCUT2D eigenvalue weighted by Crippen LogP contribution is 2.58. The van der Waals surface area contributed by atoms with Gasteiger partial charge in [-0.1, -0.05) is 86.6 Å². The van der Waals surface area contributed by atoms with E-state index < -0.39 is 17.3 Å². The van der Waals surface area contributed by atoms with Gasteiger partial charge in [0.15, 0.2) is 5.78 Å². The Morgan fingerprint density at radius 2 is 1.53 bits per heavy atom. The molecule has 2 aliphatic carbocycles. The van der Waals surface area contributed by atoms with E-state index >= 15 is 0 Å². The van der Waals surface area contributed by atoms with Crippen molar-refractivity contribution in [2.75, 3.05) is 26.2 Å². The summed E-state index contributed by atoms with van der Waals surface area (Å²) < 4.78 is 18.4. The van der Waals surface area contributed by atoms with Gasteiger partial charge in [-0.05, 0) is 130 Å². The monoisotopic (exact) mass is 779 g/mol. The highest BCUT2D eigenvalue weighted by molar-refractivity contribution is 5.97. The van der Waals surface area contributed by atoms with E-state index in [1.807, 2.05) is 101 Å². The van der Waals surface area contributed by atoms with Crippen LogP contribution in [0, 0.1) is 23.2 Å². The van der Waals surface area contributed by atoms with Crippen molar-refractivity contribution in [1.82, 2.24) is 4.90 Å². The fourth-order valence-electron chi connectivity index (χ4n) is 9.50. The zero-order chi connectivity index (χ0) is 40.8. The largest absolute Gasteiger partial charge is 0.488 e. The second-order valence-electron chi connectivity index (χ2n) is 18.2. The van der Waals surface area contributed by atoms with E-state index in [-0.39, 0.29) is 35.7 Å². The summed E-state index contributed by atoms with van der Waals surface area (Å²) in [6, 6.07) is 30.5. The molecule has 0 bridgehead atoms. The van der Waals surface area contributed by atoms with Crippen LogP contribution in [0.2, 0.25) is 0 Å². The van der Waals surface area contributed by atoms with Gasteiger partial charge in [0.2, 0.25) is 0 Å². The minimum atomic E-state index is -0.646. The molecule has 4 aromatic rings. The number of nitrogens with zero attached hydrogens (tertiary/aromatic N) is 1. The zero-order valence-electron chi connectivity index (χ0n) is 34.9. The van der Waals surface area contributed by atoms with E-state index in [4.69, 9.17) is 14.2 Å². The first-order valence-corrected chi connectivity index (χ1v) is 21.2. The number of ketones is 2. The lowest BCUT2D eigenvalue weighted by atomic mass is 9.68. The van der Waals surface area contributed by atoms with Crippen LogP contribution in [0.4, 0.5) is 0 Å². The van der Waals surface area contributed by atoms with Crippen molar-refractivity contribution in [3.63, 3.8) is 0 Å². The quantitative estimate of drug-likeness (QED) is 0.0987. The predicted molar refractivity (Wildman–Crippen MR) is 227 cm³/mol. The van der Waals surface area contributed by atoms with Gasteiger partial charge >= 0.3 is 5.97 Å². The van der Waals surface area contributed by atoms with E-state index in [1.165, 1.54) is 16.7 Å². The number of allylic oxidation sites excluding steroid dienone is 2. The van der Waals surface area contributed by atoms with E-state index in [2.05, 4.69) is 42.2 Å². The van der Waals surface area contributed by atoms with Crippen molar-refractivity contribution in [2.45, 2.75) is 91.1 Å². The number of hydrogen-bond donors (Lipinski definition) is 0. The Bertz CT molecular complexity index is 2180. The van der Waals surface area contributed by atoms with Gasteiger partial charge in [0.1, 0.15) is 35.2 Å². The van der Waals surface area contributed by atoms with Crippen LogP contribution in [0.15, 0.2) is 103 Å². The maximum Gasteiger partial charge on any atom is 0.309 e. The Morgan fingerprint density at radius 3 is 2.17 bits per heavy atom. The van der Waals surface area contributed by atoms with Crippen LogP contribution in [-0.2, 0) is 20.7 Å². The summed E-state index contributed by atoms with van der Waals surface area (Å²) in [4.78, 5) is 44.6. The summed E-state index contributed by atoms with van der Waals surface area (Å²) in [6.45, 7) is 14.2. The number of esters is 1. The molecule has 2 aliphatic heterocycles. The molecule has 0 aromatic heterocycles. The Morgan fingerprint density at radius 1 is 0.879 bits per heavy atom. The number of Topliss-reactive ketones (excluding diaryl/α,β-unsaturated/α-hetero) is 2. The maximum absolute atomic E-state index is 14.8. The second-order valence-corrected chi connectivity index (χ2v) is 18.2. The number of piperidine rings is 1. The molecule has 4 atom stereocenters. The molecule has 302 valence electrons. The van der Waals surface area contributed by atoms with Gasteiger partial charge < -0.3 is 19.1 Å². The number of carbonyl (C=O) groups excluding carboxylic acids is 3. The molecule has 8 rings (SSSR count). The molecule has 4 aliphatic rings. The number of hydrogen-bond acceptors (Lipinski definition) is 7. The number of ether oxygens (including phenoxy) is 3. The normalized spacial score (nSPS) is 21.1. The summed E-state index contributed by atoms with van der Waals surface area (Å²) in [5.74, 6) is 2.20. The molecule has 0 radical (unpaired) electrons. The molecular weight excluding hydrogens is 723 g/mol. The number of fused-ring (bicyclic) bond motifs is 6. The summed E-state index contributed by atoms with van der Waals surface area (Å²) in [5, 5.41) is 0. The average molecular weight is 780 g/mol. The molecule has 0 N–H and O–H groups in total. The van der Waals surface area contributed by atoms with Crippen LogP contribution in [-0.4, -0.2) is 54.3 Å². The molecule has 58 heavy (non-hydrogen) atoms. The number of likely N-dealkylation sites (tertiary alicyclic amines) is 1. The van der Waals surface area contributed by atoms with Crippen molar-refractivity contribution in [3.05, 3.63) is 131 Å². The molecule has 7 nitrogen and oxygen atoms in total. The Balaban J connectivity index is 0.930. The molecular formula is C51H57NO6. The Labute approximate surface area is 343 Å². The van der Waals surface area contributed by atoms with Crippen LogP contribution < -0.4 is 9.47 Å². The van der Waals surface area contributed by atoms with Crippen molar-refractivity contribution in [1.29, 1.82) is 0 Å². The van der Waals surface area contributed by atoms with Crippen molar-refractivity contribution in [2.24, 2.45) is 23.2 Å². The van der Waals surface area contributed by atoms with Crippen LogP contribution in [0.25, 0.3) is 11.1 Å². The summed E-state index contributed by atoms with van der Waals surface area (Å²) in [5.41, 5.74) is 6.60. The van der Waals surface area contributed by atoms with Crippen LogP contribution in [0.5, 0.6) is 11.5 Å². The molecule has 2 heterocycles. The van der Waals surface area contributed by atoms with Crippen molar-refractivity contribution < 1.29 is 28.6 Å².